The van der Waals surface area contributed by atoms with E-state index in [-0.39, 0.29) is 12.5 Å². The Morgan fingerprint density at radius 3 is 2.40 bits per heavy atom. The zero-order valence-corrected chi connectivity index (χ0v) is 8.95. The Labute approximate surface area is 89.1 Å². The van der Waals surface area contributed by atoms with Crippen LogP contribution in [0.1, 0.15) is 11.1 Å². The minimum Gasteiger partial charge on any atom is -0.394 e. The van der Waals surface area contributed by atoms with Gasteiger partial charge in [0.05, 0.1) is 6.61 Å². The van der Waals surface area contributed by atoms with Crippen LogP contribution in [0.25, 0.3) is 0 Å². The van der Waals surface area contributed by atoms with E-state index in [0.29, 0.717) is 5.69 Å². The molecule has 0 bridgehead atoms. The van der Waals surface area contributed by atoms with Crippen LogP contribution in [0, 0.1) is 13.8 Å². The Kier molecular flexibility index (Phi) is 3.82. The van der Waals surface area contributed by atoms with Crippen molar-refractivity contribution in [1.82, 2.24) is 0 Å². The summed E-state index contributed by atoms with van der Waals surface area (Å²) in [6.07, 6.45) is 0. The number of nitrogens with one attached hydrogen (secondary N) is 1. The monoisotopic (exact) mass is 208 g/mol. The van der Waals surface area contributed by atoms with Gasteiger partial charge in [-0.2, -0.15) is 0 Å². The Morgan fingerprint density at radius 1 is 1.40 bits per heavy atom. The average molecular weight is 208 g/mol. The summed E-state index contributed by atoms with van der Waals surface area (Å²) in [4.78, 5) is 11.4. The Hall–Kier alpha value is -1.39. The van der Waals surface area contributed by atoms with Crippen LogP contribution in [-0.4, -0.2) is 23.7 Å². The number of aryl methyl sites for hydroxylation is 2. The van der Waals surface area contributed by atoms with Gasteiger partial charge in [0, 0.05) is 5.69 Å². The third-order valence-corrected chi connectivity index (χ3v) is 2.02. The van der Waals surface area contributed by atoms with Gasteiger partial charge in [0.15, 0.2) is 0 Å². The number of aliphatic hydroxyl groups excluding tert-OH is 1. The number of nitrogens with two attached hydrogens (primary N) is 1. The molecule has 0 spiro atoms. The van der Waals surface area contributed by atoms with Gasteiger partial charge in [-0.3, -0.25) is 4.79 Å². The summed E-state index contributed by atoms with van der Waals surface area (Å²) in [7, 11) is 0. The van der Waals surface area contributed by atoms with Gasteiger partial charge in [0.25, 0.3) is 0 Å². The molecule has 0 fully saturated rings. The van der Waals surface area contributed by atoms with Crippen molar-refractivity contribution >= 4 is 11.6 Å². The molecule has 1 aromatic rings. The predicted octanol–water partition coefficient (Wildman–Crippen LogP) is 0.562. The van der Waals surface area contributed by atoms with Crippen molar-refractivity contribution in [2.75, 3.05) is 11.9 Å². The summed E-state index contributed by atoms with van der Waals surface area (Å²) in [5.74, 6) is -0.373. The van der Waals surface area contributed by atoms with Gasteiger partial charge < -0.3 is 16.2 Å². The van der Waals surface area contributed by atoms with Crippen LogP contribution < -0.4 is 11.1 Å². The van der Waals surface area contributed by atoms with Crippen molar-refractivity contribution < 1.29 is 9.90 Å². The number of anilines is 1. The molecule has 0 aromatic heterocycles. The van der Waals surface area contributed by atoms with Crippen LogP contribution in [0.4, 0.5) is 5.69 Å². The minimum atomic E-state index is -0.870. The first-order valence-electron chi connectivity index (χ1n) is 4.78. The second-order valence-corrected chi connectivity index (χ2v) is 3.65. The van der Waals surface area contributed by atoms with E-state index in [1.165, 1.54) is 0 Å². The fraction of sp³-hybridized carbons (Fsp3) is 0.364. The lowest BCUT2D eigenvalue weighted by Gasteiger charge is -2.10. The van der Waals surface area contributed by atoms with Crippen LogP contribution >= 0.6 is 0 Å². The van der Waals surface area contributed by atoms with E-state index < -0.39 is 6.04 Å². The number of hydrogen-bond acceptors (Lipinski definition) is 3. The molecule has 1 rings (SSSR count). The molecule has 4 N–H and O–H groups in total. The standard InChI is InChI=1S/C11H16N2O2/c1-7-3-8(2)5-9(4-7)13-11(15)10(12)6-14/h3-5,10,14H,6,12H2,1-2H3,(H,13,15). The lowest BCUT2D eigenvalue weighted by atomic mass is 10.1. The number of rotatable bonds is 3. The van der Waals surface area contributed by atoms with Crippen molar-refractivity contribution in [3.8, 4) is 0 Å². The first-order valence-corrected chi connectivity index (χ1v) is 4.78. The van der Waals surface area contributed by atoms with Gasteiger partial charge in [-0.05, 0) is 37.1 Å². The molecule has 0 aliphatic heterocycles. The molecule has 0 aliphatic carbocycles. The highest BCUT2D eigenvalue weighted by Gasteiger charge is 2.11. The molecule has 1 amide bonds. The predicted molar refractivity (Wildman–Crippen MR) is 59.6 cm³/mol. The zero-order valence-electron chi connectivity index (χ0n) is 8.95. The summed E-state index contributed by atoms with van der Waals surface area (Å²) in [6.45, 7) is 3.56. The Bertz CT molecular complexity index is 343. The minimum absolute atomic E-state index is 0.351. The molecule has 1 unspecified atom stereocenters. The maximum absolute atomic E-state index is 11.4. The van der Waals surface area contributed by atoms with E-state index in [4.69, 9.17) is 10.8 Å². The molecular formula is C11H16N2O2. The molecule has 82 valence electrons. The van der Waals surface area contributed by atoms with Crippen LogP contribution in [0.2, 0.25) is 0 Å². The molecule has 0 radical (unpaired) electrons. The van der Waals surface area contributed by atoms with E-state index in [1.54, 1.807) is 0 Å². The quantitative estimate of drug-likeness (QED) is 0.679. The molecule has 4 nitrogen and oxygen atoms in total. The van der Waals surface area contributed by atoms with Gasteiger partial charge in [-0.1, -0.05) is 6.07 Å². The number of aliphatic hydroxyl groups is 1. The third kappa shape index (κ3) is 3.34. The topological polar surface area (TPSA) is 75.4 Å². The number of carbonyl (C=O) groups is 1. The summed E-state index contributed by atoms with van der Waals surface area (Å²) in [6, 6.07) is 4.86. The zero-order chi connectivity index (χ0) is 11.4. The molecule has 15 heavy (non-hydrogen) atoms. The largest absolute Gasteiger partial charge is 0.394 e. The number of carbonyl (C=O) groups excluding carboxylic acids is 1. The molecule has 4 heteroatoms. The molecule has 1 aromatic carbocycles. The smallest absolute Gasteiger partial charge is 0.243 e. The van der Waals surface area contributed by atoms with Gasteiger partial charge in [-0.25, -0.2) is 0 Å². The molecular weight excluding hydrogens is 192 g/mol. The number of amides is 1. The number of hydrogen-bond donors (Lipinski definition) is 3. The highest BCUT2D eigenvalue weighted by molar-refractivity contribution is 5.94. The third-order valence-electron chi connectivity index (χ3n) is 2.02. The molecule has 0 aliphatic rings. The molecule has 1 atom stereocenters. The number of benzene rings is 1. The maximum Gasteiger partial charge on any atom is 0.243 e. The summed E-state index contributed by atoms with van der Waals surface area (Å²) >= 11 is 0. The first-order chi connectivity index (χ1) is 7.02. The van der Waals surface area contributed by atoms with Crippen molar-refractivity contribution in [3.05, 3.63) is 29.3 Å². The molecule has 0 saturated heterocycles. The molecule has 0 saturated carbocycles. The van der Waals surface area contributed by atoms with Gasteiger partial charge in [0.2, 0.25) is 5.91 Å². The average Bonchev–Trinajstić information content (AvgIpc) is 2.14. The maximum atomic E-state index is 11.4. The highest BCUT2D eigenvalue weighted by atomic mass is 16.3. The van der Waals surface area contributed by atoms with Gasteiger partial charge in [0.1, 0.15) is 6.04 Å². The fourth-order valence-electron chi connectivity index (χ4n) is 1.36. The van der Waals surface area contributed by atoms with Crippen molar-refractivity contribution in [2.24, 2.45) is 5.73 Å². The molecule has 0 heterocycles. The fourth-order valence-corrected chi connectivity index (χ4v) is 1.36. The Morgan fingerprint density at radius 2 is 1.93 bits per heavy atom. The van der Waals surface area contributed by atoms with E-state index in [1.807, 2.05) is 32.0 Å². The first kappa shape index (κ1) is 11.7. The summed E-state index contributed by atoms with van der Waals surface area (Å²) in [5.41, 5.74) is 8.23. The summed E-state index contributed by atoms with van der Waals surface area (Å²) < 4.78 is 0. The lowest BCUT2D eigenvalue weighted by Crippen LogP contribution is -2.38. The van der Waals surface area contributed by atoms with Crippen LogP contribution in [0.5, 0.6) is 0 Å². The normalized spacial score (nSPS) is 12.3. The van der Waals surface area contributed by atoms with E-state index in [9.17, 15) is 4.79 Å². The van der Waals surface area contributed by atoms with E-state index >= 15 is 0 Å². The van der Waals surface area contributed by atoms with E-state index in [2.05, 4.69) is 5.32 Å². The summed E-state index contributed by atoms with van der Waals surface area (Å²) in [5, 5.41) is 11.4. The van der Waals surface area contributed by atoms with E-state index in [0.717, 1.165) is 11.1 Å². The van der Waals surface area contributed by atoms with Crippen LogP contribution in [-0.2, 0) is 4.79 Å². The highest BCUT2D eigenvalue weighted by Crippen LogP contribution is 2.13. The van der Waals surface area contributed by atoms with Crippen LogP contribution in [0.3, 0.4) is 0 Å². The van der Waals surface area contributed by atoms with Crippen LogP contribution in [0.15, 0.2) is 18.2 Å². The van der Waals surface area contributed by atoms with Crippen molar-refractivity contribution in [3.63, 3.8) is 0 Å². The van der Waals surface area contributed by atoms with Gasteiger partial charge >= 0.3 is 0 Å². The second kappa shape index (κ2) is 4.91. The lowest BCUT2D eigenvalue weighted by molar-refractivity contribution is -0.118. The van der Waals surface area contributed by atoms with Gasteiger partial charge in [-0.15, -0.1) is 0 Å². The van der Waals surface area contributed by atoms with Crippen molar-refractivity contribution in [2.45, 2.75) is 19.9 Å². The second-order valence-electron chi connectivity index (χ2n) is 3.65. The Balaban J connectivity index is 2.76. The van der Waals surface area contributed by atoms with Crippen molar-refractivity contribution in [1.29, 1.82) is 0 Å². The SMILES string of the molecule is Cc1cc(C)cc(NC(=O)C(N)CO)c1.